The van der Waals surface area contributed by atoms with Gasteiger partial charge in [-0.25, -0.2) is 4.98 Å². The molecule has 1 aromatic heterocycles. The maximum Gasteiger partial charge on any atom is 0.227 e. The van der Waals surface area contributed by atoms with Crippen LogP contribution in [0.3, 0.4) is 0 Å². The first-order valence-corrected chi connectivity index (χ1v) is 8.88. The monoisotopic (exact) mass is 324 g/mol. The van der Waals surface area contributed by atoms with Gasteiger partial charge in [-0.15, -0.1) is 0 Å². The molecule has 0 spiro atoms. The SMILES string of the molecule is CC1CCN(c2nccc(Nc3ccccc3C(C)(C)C)n2)CC1. The summed E-state index contributed by atoms with van der Waals surface area (Å²) in [6.45, 7) is 11.1. The minimum Gasteiger partial charge on any atom is -0.341 e. The van der Waals surface area contributed by atoms with Gasteiger partial charge in [0.25, 0.3) is 0 Å². The van der Waals surface area contributed by atoms with E-state index in [2.05, 4.69) is 67.2 Å². The highest BCUT2D eigenvalue weighted by Gasteiger charge is 2.20. The Kier molecular flexibility index (Phi) is 4.74. The molecule has 1 saturated heterocycles. The van der Waals surface area contributed by atoms with Gasteiger partial charge in [0.15, 0.2) is 0 Å². The van der Waals surface area contributed by atoms with Crippen LogP contribution in [0.15, 0.2) is 36.5 Å². The van der Waals surface area contributed by atoms with E-state index in [1.165, 1.54) is 18.4 Å². The first-order chi connectivity index (χ1) is 11.4. The number of para-hydroxylation sites is 1. The molecule has 1 aliphatic rings. The molecule has 0 atom stereocenters. The third-order valence-electron chi connectivity index (χ3n) is 4.71. The second-order valence-corrected chi connectivity index (χ2v) is 7.83. The number of nitrogens with zero attached hydrogens (tertiary/aromatic N) is 3. The van der Waals surface area contributed by atoms with Crippen molar-refractivity contribution in [3.05, 3.63) is 42.1 Å². The van der Waals surface area contributed by atoms with Crippen LogP contribution in [0.2, 0.25) is 0 Å². The summed E-state index contributed by atoms with van der Waals surface area (Å²) >= 11 is 0. The van der Waals surface area contributed by atoms with Gasteiger partial charge in [-0.05, 0) is 41.9 Å². The Morgan fingerprint density at radius 2 is 1.79 bits per heavy atom. The number of anilines is 3. The summed E-state index contributed by atoms with van der Waals surface area (Å²) in [5.41, 5.74) is 2.49. The van der Waals surface area contributed by atoms with E-state index in [0.717, 1.165) is 36.5 Å². The molecule has 4 nitrogen and oxygen atoms in total. The van der Waals surface area contributed by atoms with E-state index in [4.69, 9.17) is 4.98 Å². The summed E-state index contributed by atoms with van der Waals surface area (Å²) in [4.78, 5) is 11.5. The van der Waals surface area contributed by atoms with Crippen LogP contribution in [0.1, 0.15) is 46.1 Å². The van der Waals surface area contributed by atoms with Crippen molar-refractivity contribution in [1.29, 1.82) is 0 Å². The fourth-order valence-electron chi connectivity index (χ4n) is 3.16. The van der Waals surface area contributed by atoms with E-state index in [0.29, 0.717) is 0 Å². The van der Waals surface area contributed by atoms with Crippen LogP contribution in [0.5, 0.6) is 0 Å². The first kappa shape index (κ1) is 16.7. The van der Waals surface area contributed by atoms with Gasteiger partial charge in [0, 0.05) is 25.0 Å². The number of hydrogen-bond donors (Lipinski definition) is 1. The fourth-order valence-corrected chi connectivity index (χ4v) is 3.16. The van der Waals surface area contributed by atoms with E-state index in [1.807, 2.05) is 12.3 Å². The zero-order valence-electron chi connectivity index (χ0n) is 15.2. The Balaban J connectivity index is 1.81. The molecule has 0 saturated carbocycles. The van der Waals surface area contributed by atoms with Crippen molar-refractivity contribution >= 4 is 17.5 Å². The van der Waals surface area contributed by atoms with Crippen molar-refractivity contribution in [2.24, 2.45) is 5.92 Å². The Labute approximate surface area is 145 Å². The predicted octanol–water partition coefficient (Wildman–Crippen LogP) is 4.75. The van der Waals surface area contributed by atoms with E-state index in [1.54, 1.807) is 0 Å². The van der Waals surface area contributed by atoms with Gasteiger partial charge in [0.1, 0.15) is 5.82 Å². The van der Waals surface area contributed by atoms with Gasteiger partial charge >= 0.3 is 0 Å². The molecule has 0 aliphatic carbocycles. The maximum atomic E-state index is 4.74. The first-order valence-electron chi connectivity index (χ1n) is 8.88. The third kappa shape index (κ3) is 3.86. The number of nitrogens with one attached hydrogen (secondary N) is 1. The molecule has 4 heteroatoms. The van der Waals surface area contributed by atoms with Gasteiger partial charge in [-0.1, -0.05) is 45.9 Å². The molecule has 3 rings (SSSR count). The molecule has 0 amide bonds. The number of benzene rings is 1. The van der Waals surface area contributed by atoms with Crippen LogP contribution in [-0.2, 0) is 5.41 Å². The van der Waals surface area contributed by atoms with Crippen molar-refractivity contribution in [1.82, 2.24) is 9.97 Å². The van der Waals surface area contributed by atoms with Gasteiger partial charge in [-0.3, -0.25) is 0 Å². The normalized spacial score (nSPS) is 16.2. The average molecular weight is 324 g/mol. The number of piperidine rings is 1. The molecule has 0 unspecified atom stereocenters. The van der Waals surface area contributed by atoms with Gasteiger partial charge in [0.2, 0.25) is 5.95 Å². The molecule has 1 aliphatic heterocycles. The summed E-state index contributed by atoms with van der Waals surface area (Å²) in [6, 6.07) is 10.4. The van der Waals surface area contributed by atoms with Crippen molar-refractivity contribution < 1.29 is 0 Å². The highest BCUT2D eigenvalue weighted by molar-refractivity contribution is 5.62. The molecular formula is C20H28N4. The van der Waals surface area contributed by atoms with Crippen LogP contribution in [-0.4, -0.2) is 23.1 Å². The highest BCUT2D eigenvalue weighted by Crippen LogP contribution is 2.31. The molecule has 2 aromatic rings. The molecule has 2 heterocycles. The lowest BCUT2D eigenvalue weighted by Gasteiger charge is -2.30. The molecule has 24 heavy (non-hydrogen) atoms. The molecule has 0 bridgehead atoms. The zero-order chi connectivity index (χ0) is 17.2. The standard InChI is InChI=1S/C20H28N4/c1-15-10-13-24(14-11-15)19-21-12-9-18(23-19)22-17-8-6-5-7-16(17)20(2,3)4/h5-9,12,15H,10-11,13-14H2,1-4H3,(H,21,22,23). The lowest BCUT2D eigenvalue weighted by Crippen LogP contribution is -2.34. The lowest BCUT2D eigenvalue weighted by atomic mass is 9.86. The number of hydrogen-bond acceptors (Lipinski definition) is 4. The third-order valence-corrected chi connectivity index (χ3v) is 4.71. The largest absolute Gasteiger partial charge is 0.341 e. The van der Waals surface area contributed by atoms with Crippen molar-refractivity contribution in [3.63, 3.8) is 0 Å². The Bertz CT molecular complexity index is 682. The van der Waals surface area contributed by atoms with E-state index in [-0.39, 0.29) is 5.41 Å². The summed E-state index contributed by atoms with van der Waals surface area (Å²) in [5.74, 6) is 2.50. The van der Waals surface area contributed by atoms with E-state index >= 15 is 0 Å². The van der Waals surface area contributed by atoms with Gasteiger partial charge in [0.05, 0.1) is 0 Å². The van der Waals surface area contributed by atoms with E-state index in [9.17, 15) is 0 Å². The molecule has 1 fully saturated rings. The average Bonchev–Trinajstić information content (AvgIpc) is 2.55. The topological polar surface area (TPSA) is 41.1 Å². The molecule has 128 valence electrons. The molecular weight excluding hydrogens is 296 g/mol. The molecule has 0 radical (unpaired) electrons. The highest BCUT2D eigenvalue weighted by atomic mass is 15.3. The molecule has 1 N–H and O–H groups in total. The van der Waals surface area contributed by atoms with Crippen molar-refractivity contribution in [2.75, 3.05) is 23.3 Å². The second-order valence-electron chi connectivity index (χ2n) is 7.83. The Morgan fingerprint density at radius 1 is 1.08 bits per heavy atom. The quantitative estimate of drug-likeness (QED) is 0.884. The van der Waals surface area contributed by atoms with Crippen LogP contribution in [0.25, 0.3) is 0 Å². The fraction of sp³-hybridized carbons (Fsp3) is 0.500. The summed E-state index contributed by atoms with van der Waals surface area (Å²) in [7, 11) is 0. The smallest absolute Gasteiger partial charge is 0.227 e. The lowest BCUT2D eigenvalue weighted by molar-refractivity contribution is 0.434. The number of aromatic nitrogens is 2. The number of rotatable bonds is 3. The Hall–Kier alpha value is -2.10. The minimum absolute atomic E-state index is 0.0858. The zero-order valence-corrected chi connectivity index (χ0v) is 15.2. The van der Waals surface area contributed by atoms with Crippen LogP contribution < -0.4 is 10.2 Å². The van der Waals surface area contributed by atoms with Gasteiger partial charge < -0.3 is 10.2 Å². The maximum absolute atomic E-state index is 4.74. The van der Waals surface area contributed by atoms with Crippen LogP contribution in [0.4, 0.5) is 17.5 Å². The van der Waals surface area contributed by atoms with E-state index < -0.39 is 0 Å². The van der Waals surface area contributed by atoms with Gasteiger partial charge in [-0.2, -0.15) is 4.98 Å². The summed E-state index contributed by atoms with van der Waals surface area (Å²) in [5, 5.41) is 3.49. The van der Waals surface area contributed by atoms with Crippen LogP contribution in [0, 0.1) is 5.92 Å². The van der Waals surface area contributed by atoms with Crippen molar-refractivity contribution in [2.45, 2.75) is 46.0 Å². The summed E-state index contributed by atoms with van der Waals surface area (Å²) in [6.07, 6.45) is 4.28. The second kappa shape index (κ2) is 6.80. The van der Waals surface area contributed by atoms with Crippen LogP contribution >= 0.6 is 0 Å². The minimum atomic E-state index is 0.0858. The van der Waals surface area contributed by atoms with Crippen molar-refractivity contribution in [3.8, 4) is 0 Å². The Morgan fingerprint density at radius 3 is 2.50 bits per heavy atom. The molecule has 1 aromatic carbocycles. The summed E-state index contributed by atoms with van der Waals surface area (Å²) < 4.78 is 0. The predicted molar refractivity (Wildman–Crippen MR) is 101 cm³/mol.